The molecule has 4 saturated heterocycles. The van der Waals surface area contributed by atoms with Crippen LogP contribution in [0.1, 0.15) is 19.3 Å². The van der Waals surface area contributed by atoms with Crippen LogP contribution in [0.3, 0.4) is 0 Å². The summed E-state index contributed by atoms with van der Waals surface area (Å²) in [6.07, 6.45) is 2.29. The molecule has 4 fully saturated rings. The van der Waals surface area contributed by atoms with E-state index in [2.05, 4.69) is 0 Å². The normalized spacial score (nSPS) is 47.1. The van der Waals surface area contributed by atoms with Crippen LogP contribution in [0.15, 0.2) is 0 Å². The van der Waals surface area contributed by atoms with Gasteiger partial charge in [-0.1, -0.05) is 0 Å². The van der Waals surface area contributed by atoms with Crippen molar-refractivity contribution in [3.8, 4) is 0 Å². The lowest BCUT2D eigenvalue weighted by Gasteiger charge is -2.33. The molecule has 6 heteroatoms. The van der Waals surface area contributed by atoms with Crippen LogP contribution < -0.4 is 0 Å². The molecule has 19 heavy (non-hydrogen) atoms. The van der Waals surface area contributed by atoms with Crippen molar-refractivity contribution in [2.24, 2.45) is 11.8 Å². The van der Waals surface area contributed by atoms with Gasteiger partial charge < -0.3 is 14.7 Å². The highest BCUT2D eigenvalue weighted by Crippen LogP contribution is 2.46. The first kappa shape index (κ1) is 12.0. The molecular formula is C13H17NO4S. The highest BCUT2D eigenvalue weighted by atomic mass is 32.2. The van der Waals surface area contributed by atoms with Crippen LogP contribution in [0.5, 0.6) is 0 Å². The number of carbonyl (C=O) groups is 2. The van der Waals surface area contributed by atoms with E-state index in [1.165, 1.54) is 0 Å². The van der Waals surface area contributed by atoms with Gasteiger partial charge in [0.2, 0.25) is 5.91 Å². The average molecular weight is 283 g/mol. The van der Waals surface area contributed by atoms with Gasteiger partial charge in [-0.25, -0.2) is 0 Å². The summed E-state index contributed by atoms with van der Waals surface area (Å²) in [5.41, 5.74) is 0. The van der Waals surface area contributed by atoms with E-state index in [9.17, 15) is 14.7 Å². The number of ether oxygens (including phenoxy) is 1. The van der Waals surface area contributed by atoms with Gasteiger partial charge in [0, 0.05) is 23.6 Å². The smallest absolute Gasteiger partial charge is 0.310 e. The molecule has 0 radical (unpaired) electrons. The maximum absolute atomic E-state index is 12.7. The number of thioether (sulfide) groups is 1. The second-order valence-electron chi connectivity index (χ2n) is 6.02. The first-order valence-corrected chi connectivity index (χ1v) is 8.00. The van der Waals surface area contributed by atoms with Gasteiger partial charge in [0.15, 0.2) is 0 Å². The van der Waals surface area contributed by atoms with E-state index >= 15 is 0 Å². The summed E-state index contributed by atoms with van der Waals surface area (Å²) in [5.74, 6) is -0.897. The Morgan fingerprint density at radius 3 is 2.53 bits per heavy atom. The zero-order valence-corrected chi connectivity index (χ0v) is 11.3. The number of rotatable bonds is 2. The Morgan fingerprint density at radius 2 is 1.95 bits per heavy atom. The molecule has 1 amide bonds. The van der Waals surface area contributed by atoms with Crippen molar-refractivity contribution in [2.45, 2.75) is 42.8 Å². The van der Waals surface area contributed by atoms with Crippen LogP contribution in [0.25, 0.3) is 0 Å². The van der Waals surface area contributed by atoms with E-state index in [1.807, 2.05) is 16.7 Å². The van der Waals surface area contributed by atoms with Crippen LogP contribution in [-0.2, 0) is 14.3 Å². The summed E-state index contributed by atoms with van der Waals surface area (Å²) in [4.78, 5) is 26.1. The van der Waals surface area contributed by atoms with Crippen molar-refractivity contribution >= 4 is 23.6 Å². The molecular weight excluding hydrogens is 266 g/mol. The van der Waals surface area contributed by atoms with Crippen LogP contribution >= 0.6 is 11.8 Å². The molecule has 4 rings (SSSR count). The van der Waals surface area contributed by atoms with E-state index in [-0.39, 0.29) is 18.1 Å². The minimum Gasteiger partial charge on any atom is -0.481 e. The van der Waals surface area contributed by atoms with Crippen molar-refractivity contribution < 1.29 is 19.4 Å². The third-order valence-corrected chi connectivity index (χ3v) is 6.42. The van der Waals surface area contributed by atoms with Crippen molar-refractivity contribution in [3.05, 3.63) is 0 Å². The molecule has 1 N–H and O–H groups in total. The Morgan fingerprint density at radius 1 is 1.21 bits per heavy atom. The fraction of sp³-hybridized carbons (Fsp3) is 0.846. The van der Waals surface area contributed by atoms with Crippen molar-refractivity contribution in [1.82, 2.24) is 4.90 Å². The lowest BCUT2D eigenvalue weighted by molar-refractivity contribution is -0.151. The second-order valence-corrected chi connectivity index (χ2v) is 7.35. The minimum atomic E-state index is -0.871. The number of amides is 1. The van der Waals surface area contributed by atoms with Crippen LogP contribution in [0, 0.1) is 11.8 Å². The summed E-state index contributed by atoms with van der Waals surface area (Å²) >= 11 is 1.94. The Bertz CT molecular complexity index is 442. The minimum absolute atomic E-state index is 0.0346. The Labute approximate surface area is 115 Å². The number of aliphatic carboxylic acids is 1. The number of nitrogens with zero attached hydrogens (tertiary/aromatic N) is 1. The number of carboxylic acid groups (broad SMARTS) is 1. The van der Waals surface area contributed by atoms with E-state index in [0.29, 0.717) is 11.3 Å². The predicted octanol–water partition coefficient (Wildman–Crippen LogP) is 0.581. The highest BCUT2D eigenvalue weighted by molar-refractivity contribution is 8.00. The molecule has 4 aliphatic rings. The lowest BCUT2D eigenvalue weighted by atomic mass is 9.78. The zero-order chi connectivity index (χ0) is 13.1. The molecule has 0 aromatic carbocycles. The number of carbonyl (C=O) groups excluding carboxylic acids is 1. The topological polar surface area (TPSA) is 66.8 Å². The van der Waals surface area contributed by atoms with Gasteiger partial charge >= 0.3 is 5.97 Å². The molecule has 0 saturated carbocycles. The van der Waals surface area contributed by atoms with Gasteiger partial charge in [0.1, 0.15) is 0 Å². The van der Waals surface area contributed by atoms with E-state index in [0.717, 1.165) is 31.6 Å². The van der Waals surface area contributed by atoms with Gasteiger partial charge in [-0.15, -0.1) is 0 Å². The number of carboxylic acids is 1. The Hall–Kier alpha value is -0.750. The monoisotopic (exact) mass is 283 g/mol. The van der Waals surface area contributed by atoms with E-state index < -0.39 is 17.8 Å². The molecule has 0 aromatic rings. The van der Waals surface area contributed by atoms with Crippen LogP contribution in [0.4, 0.5) is 0 Å². The molecule has 4 bridgehead atoms. The number of hydrogen-bond acceptors (Lipinski definition) is 4. The molecule has 4 aliphatic heterocycles. The summed E-state index contributed by atoms with van der Waals surface area (Å²) in [5, 5.41) is 9.94. The summed E-state index contributed by atoms with van der Waals surface area (Å²) in [7, 11) is 0. The van der Waals surface area contributed by atoms with Crippen molar-refractivity contribution in [2.75, 3.05) is 12.3 Å². The lowest BCUT2D eigenvalue weighted by Crippen LogP contribution is -2.49. The van der Waals surface area contributed by atoms with Gasteiger partial charge in [0.05, 0.1) is 24.0 Å². The molecule has 0 aliphatic carbocycles. The number of hydrogen-bond donors (Lipinski definition) is 1. The maximum Gasteiger partial charge on any atom is 0.310 e. The molecule has 6 atom stereocenters. The van der Waals surface area contributed by atoms with Crippen molar-refractivity contribution in [3.63, 3.8) is 0 Å². The SMILES string of the molecule is O=C(O)[C@@H]1[C@H](C(=O)N2C[C@@H]3C[C@H]2CS3)[C@H]2CC[C@@H]1O2. The first-order valence-electron chi connectivity index (χ1n) is 6.95. The molecule has 104 valence electrons. The summed E-state index contributed by atoms with van der Waals surface area (Å²) in [6, 6.07) is 0.330. The number of likely N-dealkylation sites (tertiary alicyclic amines) is 1. The largest absolute Gasteiger partial charge is 0.481 e. The van der Waals surface area contributed by atoms with E-state index in [4.69, 9.17) is 4.74 Å². The third kappa shape index (κ3) is 1.65. The van der Waals surface area contributed by atoms with Gasteiger partial charge in [-0.3, -0.25) is 9.59 Å². The van der Waals surface area contributed by atoms with Gasteiger partial charge in [-0.05, 0) is 19.3 Å². The van der Waals surface area contributed by atoms with E-state index in [1.54, 1.807) is 0 Å². The molecule has 5 nitrogen and oxygen atoms in total. The van der Waals surface area contributed by atoms with Gasteiger partial charge in [0.25, 0.3) is 0 Å². The average Bonchev–Trinajstić information content (AvgIpc) is 3.14. The maximum atomic E-state index is 12.7. The van der Waals surface area contributed by atoms with Gasteiger partial charge in [-0.2, -0.15) is 11.8 Å². The molecule has 0 aromatic heterocycles. The second kappa shape index (κ2) is 4.12. The first-order chi connectivity index (χ1) is 9.15. The molecule has 0 spiro atoms. The predicted molar refractivity (Wildman–Crippen MR) is 68.9 cm³/mol. The van der Waals surface area contributed by atoms with Crippen LogP contribution in [0.2, 0.25) is 0 Å². The quantitative estimate of drug-likeness (QED) is 0.803. The third-order valence-electron chi connectivity index (χ3n) is 5.03. The zero-order valence-electron chi connectivity index (χ0n) is 10.5. The van der Waals surface area contributed by atoms with Crippen LogP contribution in [-0.4, -0.2) is 57.7 Å². The molecule has 4 heterocycles. The standard InChI is InChI=1S/C13H17NO4S/c15-12(14-4-7-3-6(14)5-19-7)10-8-1-2-9(18-8)11(10)13(16)17/h6-11H,1-5H2,(H,16,17)/t6-,7-,8+,9-,10+,11-/m0/s1. The summed E-state index contributed by atoms with van der Waals surface area (Å²) < 4.78 is 5.69. The highest BCUT2D eigenvalue weighted by Gasteiger charge is 2.57. The summed E-state index contributed by atoms with van der Waals surface area (Å²) in [6.45, 7) is 0.800. The Kier molecular flexibility index (Phi) is 2.61. The molecule has 0 unspecified atom stereocenters. The fourth-order valence-corrected chi connectivity index (χ4v) is 5.60. The fourth-order valence-electron chi connectivity index (χ4n) is 4.17. The number of fused-ring (bicyclic) bond motifs is 4. The van der Waals surface area contributed by atoms with Crippen molar-refractivity contribution in [1.29, 1.82) is 0 Å². The Balaban J connectivity index is 1.57.